The number of hydrogen-bond donors (Lipinski definition) is 1. The fraction of sp³-hybridized carbons (Fsp3) is 0.722. The third-order valence-corrected chi connectivity index (χ3v) is 4.22. The van der Waals surface area contributed by atoms with Gasteiger partial charge in [-0.15, -0.1) is 0 Å². The number of nitrogens with one attached hydrogen (secondary N) is 1. The lowest BCUT2D eigenvalue weighted by molar-refractivity contribution is -0.257. The first-order valence-electron chi connectivity index (χ1n) is 9.19. The van der Waals surface area contributed by atoms with Crippen LogP contribution in [0, 0.1) is 5.92 Å². The molecule has 1 N–H and O–H groups in total. The van der Waals surface area contributed by atoms with Gasteiger partial charge in [0.2, 0.25) is 5.91 Å². The molecule has 0 bridgehead atoms. The molecule has 0 aromatic heterocycles. The molecule has 1 heterocycles. The van der Waals surface area contributed by atoms with Crippen LogP contribution in [0.3, 0.4) is 0 Å². The summed E-state index contributed by atoms with van der Waals surface area (Å²) in [5.74, 6) is -3.27. The second-order valence-electron chi connectivity index (χ2n) is 6.90. The summed E-state index contributed by atoms with van der Waals surface area (Å²) in [6.45, 7) is 4.24. The summed E-state index contributed by atoms with van der Waals surface area (Å²) in [5, 5.41) is 2.62. The maximum absolute atomic E-state index is 12.3. The zero-order valence-electron chi connectivity index (χ0n) is 16.7. The Bertz CT molecular complexity index is 674. The molecular weight excluding hydrogens is 390 g/mol. The highest BCUT2D eigenvalue weighted by Crippen LogP contribution is 2.32. The Morgan fingerprint density at radius 2 is 1.31 bits per heavy atom. The highest BCUT2D eigenvalue weighted by molar-refractivity contribution is 5.81. The third kappa shape index (κ3) is 6.70. The van der Waals surface area contributed by atoms with Crippen LogP contribution in [0.5, 0.6) is 0 Å². The van der Waals surface area contributed by atoms with E-state index in [0.717, 1.165) is 33.6 Å². The Morgan fingerprint density at radius 1 is 0.793 bits per heavy atom. The van der Waals surface area contributed by atoms with E-state index in [1.165, 1.54) is 6.92 Å². The summed E-state index contributed by atoms with van der Waals surface area (Å²) in [4.78, 5) is 58.4. The Morgan fingerprint density at radius 3 is 1.79 bits per heavy atom. The van der Waals surface area contributed by atoms with E-state index in [9.17, 15) is 24.0 Å². The van der Waals surface area contributed by atoms with Crippen LogP contribution in [0.2, 0.25) is 0 Å². The molecule has 2 fully saturated rings. The van der Waals surface area contributed by atoms with Gasteiger partial charge in [0.25, 0.3) is 0 Å². The summed E-state index contributed by atoms with van der Waals surface area (Å²) in [5.41, 5.74) is 0. The lowest BCUT2D eigenvalue weighted by atomic mass is 9.97. The molecular formula is C18H25NO10. The molecule has 0 aromatic rings. The van der Waals surface area contributed by atoms with Gasteiger partial charge < -0.3 is 29.0 Å². The second-order valence-corrected chi connectivity index (χ2v) is 6.90. The van der Waals surface area contributed by atoms with Crippen LogP contribution in [0.4, 0.5) is 0 Å². The third-order valence-electron chi connectivity index (χ3n) is 4.22. The van der Waals surface area contributed by atoms with Gasteiger partial charge in [0.1, 0.15) is 12.7 Å². The number of carbonyl (C=O) groups excluding carboxylic acids is 5. The highest BCUT2D eigenvalue weighted by Gasteiger charge is 2.53. The van der Waals surface area contributed by atoms with E-state index in [0.29, 0.717) is 0 Å². The van der Waals surface area contributed by atoms with Crippen LogP contribution in [-0.4, -0.2) is 67.0 Å². The SMILES string of the molecule is CC(=O)OCC1O[C@@H](NC(=O)C2CC2)C(OC(C)=O)[C@@H](OC(C)=O)[C@H]1OC(C)=O. The van der Waals surface area contributed by atoms with E-state index in [1.807, 2.05) is 0 Å². The van der Waals surface area contributed by atoms with Crippen molar-refractivity contribution in [2.24, 2.45) is 5.92 Å². The number of ether oxygens (including phenoxy) is 5. The summed E-state index contributed by atoms with van der Waals surface area (Å²) >= 11 is 0. The van der Waals surface area contributed by atoms with E-state index in [4.69, 9.17) is 23.7 Å². The molecule has 2 unspecified atom stereocenters. The molecule has 1 amide bonds. The maximum atomic E-state index is 12.3. The molecule has 29 heavy (non-hydrogen) atoms. The first-order valence-corrected chi connectivity index (χ1v) is 9.19. The normalized spacial score (nSPS) is 28.6. The second kappa shape index (κ2) is 9.68. The molecule has 11 heteroatoms. The van der Waals surface area contributed by atoms with Gasteiger partial charge in [0, 0.05) is 33.6 Å². The van der Waals surface area contributed by atoms with Gasteiger partial charge in [-0.2, -0.15) is 0 Å². The summed E-state index contributed by atoms with van der Waals surface area (Å²) < 4.78 is 26.5. The van der Waals surface area contributed by atoms with Gasteiger partial charge in [0.05, 0.1) is 0 Å². The van der Waals surface area contributed by atoms with Crippen molar-refractivity contribution in [1.29, 1.82) is 0 Å². The topological polar surface area (TPSA) is 144 Å². The predicted octanol–water partition coefficient (Wildman–Crippen LogP) is -0.404. The Hall–Kier alpha value is -2.69. The molecule has 2 rings (SSSR count). The van der Waals surface area contributed by atoms with Crippen molar-refractivity contribution < 1.29 is 47.7 Å². The number of carbonyl (C=O) groups is 5. The van der Waals surface area contributed by atoms with Crippen LogP contribution >= 0.6 is 0 Å². The first-order chi connectivity index (χ1) is 13.6. The van der Waals surface area contributed by atoms with Crippen LogP contribution < -0.4 is 5.32 Å². The minimum Gasteiger partial charge on any atom is -0.463 e. The van der Waals surface area contributed by atoms with Gasteiger partial charge >= 0.3 is 23.9 Å². The molecule has 1 aliphatic heterocycles. The van der Waals surface area contributed by atoms with Crippen molar-refractivity contribution in [3.8, 4) is 0 Å². The Balaban J connectivity index is 2.35. The predicted molar refractivity (Wildman–Crippen MR) is 92.8 cm³/mol. The number of hydrogen-bond acceptors (Lipinski definition) is 10. The molecule has 0 radical (unpaired) electrons. The van der Waals surface area contributed by atoms with Crippen LogP contribution in [0.25, 0.3) is 0 Å². The van der Waals surface area contributed by atoms with Crippen molar-refractivity contribution in [2.75, 3.05) is 6.61 Å². The van der Waals surface area contributed by atoms with Crippen molar-refractivity contribution in [1.82, 2.24) is 5.32 Å². The zero-order valence-corrected chi connectivity index (χ0v) is 16.7. The maximum Gasteiger partial charge on any atom is 0.303 e. The molecule has 162 valence electrons. The Kier molecular flexibility index (Phi) is 7.54. The highest BCUT2D eigenvalue weighted by atomic mass is 16.7. The van der Waals surface area contributed by atoms with Gasteiger partial charge in [-0.3, -0.25) is 24.0 Å². The van der Waals surface area contributed by atoms with Gasteiger partial charge in [-0.05, 0) is 12.8 Å². The zero-order chi connectivity index (χ0) is 21.7. The summed E-state index contributed by atoms with van der Waals surface area (Å²) in [6.07, 6.45) is -4.66. The van der Waals surface area contributed by atoms with Crippen LogP contribution in [-0.2, 0) is 47.7 Å². The summed E-state index contributed by atoms with van der Waals surface area (Å²) in [6, 6.07) is 0. The first kappa shape index (κ1) is 22.6. The molecule has 5 atom stereocenters. The smallest absolute Gasteiger partial charge is 0.303 e. The number of amides is 1. The quantitative estimate of drug-likeness (QED) is 0.431. The molecule has 1 aliphatic carbocycles. The minimum atomic E-state index is -1.29. The minimum absolute atomic E-state index is 0.179. The molecule has 1 saturated carbocycles. The monoisotopic (exact) mass is 415 g/mol. The summed E-state index contributed by atoms with van der Waals surface area (Å²) in [7, 11) is 0. The fourth-order valence-electron chi connectivity index (χ4n) is 2.95. The van der Waals surface area contributed by atoms with E-state index in [2.05, 4.69) is 5.32 Å². The largest absolute Gasteiger partial charge is 0.463 e. The van der Waals surface area contributed by atoms with Gasteiger partial charge in [-0.25, -0.2) is 0 Å². The lowest BCUT2D eigenvalue weighted by Crippen LogP contribution is -2.66. The number of rotatable bonds is 7. The van der Waals surface area contributed by atoms with Crippen molar-refractivity contribution >= 4 is 29.8 Å². The van der Waals surface area contributed by atoms with Crippen LogP contribution in [0.15, 0.2) is 0 Å². The molecule has 0 aromatic carbocycles. The van der Waals surface area contributed by atoms with Crippen LogP contribution in [0.1, 0.15) is 40.5 Å². The van der Waals surface area contributed by atoms with E-state index in [1.54, 1.807) is 0 Å². The van der Waals surface area contributed by atoms with Crippen molar-refractivity contribution in [3.05, 3.63) is 0 Å². The number of esters is 4. The van der Waals surface area contributed by atoms with Gasteiger partial charge in [0.15, 0.2) is 24.5 Å². The van der Waals surface area contributed by atoms with E-state index >= 15 is 0 Å². The van der Waals surface area contributed by atoms with Gasteiger partial charge in [-0.1, -0.05) is 0 Å². The average Bonchev–Trinajstić information content (AvgIpc) is 3.42. The Labute approximate surface area is 167 Å². The standard InChI is InChI=1S/C18H25NO10/c1-8(20)25-7-13-14(26-9(2)21)15(27-10(3)22)16(28-11(4)23)18(29-13)19-17(24)12-5-6-12/h12-16,18H,5-7H2,1-4H3,(H,19,24)/t13?,14-,15-,16?,18+/m0/s1. The lowest BCUT2D eigenvalue weighted by Gasteiger charge is -2.44. The van der Waals surface area contributed by atoms with E-state index in [-0.39, 0.29) is 18.4 Å². The molecule has 11 nitrogen and oxygen atoms in total. The van der Waals surface area contributed by atoms with Crippen molar-refractivity contribution in [3.63, 3.8) is 0 Å². The molecule has 0 spiro atoms. The van der Waals surface area contributed by atoms with Crippen molar-refractivity contribution in [2.45, 2.75) is 71.2 Å². The average molecular weight is 415 g/mol. The van der Waals surface area contributed by atoms with E-state index < -0.39 is 54.5 Å². The molecule has 1 saturated heterocycles. The molecule has 2 aliphatic rings. The fourth-order valence-corrected chi connectivity index (χ4v) is 2.95.